The maximum absolute atomic E-state index is 12.0. The van der Waals surface area contributed by atoms with Crippen LogP contribution in [-0.2, 0) is 4.79 Å². The number of nitrogens with one attached hydrogen (secondary N) is 1. The summed E-state index contributed by atoms with van der Waals surface area (Å²) in [7, 11) is 1.78. The fraction of sp³-hybridized carbons (Fsp3) is 0.235. The van der Waals surface area contributed by atoms with Gasteiger partial charge in [-0.05, 0) is 49.2 Å². The van der Waals surface area contributed by atoms with Crippen molar-refractivity contribution in [1.29, 1.82) is 0 Å². The summed E-state index contributed by atoms with van der Waals surface area (Å²) in [4.78, 5) is 12.0. The molecular formula is C17H19ClN2O2. The number of hydrogen-bond donors (Lipinski definition) is 1. The lowest BCUT2D eigenvalue weighted by atomic mass is 10.1. The van der Waals surface area contributed by atoms with Crippen molar-refractivity contribution in [3.05, 3.63) is 58.6 Å². The van der Waals surface area contributed by atoms with E-state index in [0.29, 0.717) is 10.8 Å². The van der Waals surface area contributed by atoms with Crippen LogP contribution >= 0.6 is 11.6 Å². The van der Waals surface area contributed by atoms with Gasteiger partial charge < -0.3 is 4.74 Å². The molecule has 1 amide bonds. The second-order valence-corrected chi connectivity index (χ2v) is 5.52. The monoisotopic (exact) mass is 318 g/mol. The zero-order valence-corrected chi connectivity index (χ0v) is 13.6. The number of halogens is 1. The number of para-hydroxylation sites is 1. The molecule has 0 fully saturated rings. The lowest BCUT2D eigenvalue weighted by Gasteiger charge is -2.20. The van der Waals surface area contributed by atoms with E-state index in [0.717, 1.165) is 16.8 Å². The number of hydrogen-bond acceptors (Lipinski definition) is 3. The normalized spacial score (nSPS) is 10.2. The van der Waals surface area contributed by atoms with Crippen LogP contribution in [0.2, 0.25) is 5.02 Å². The van der Waals surface area contributed by atoms with Gasteiger partial charge in [-0.15, -0.1) is 0 Å². The van der Waals surface area contributed by atoms with E-state index in [4.69, 9.17) is 16.3 Å². The van der Waals surface area contributed by atoms with Crippen LogP contribution in [0.5, 0.6) is 5.75 Å². The molecule has 2 rings (SSSR count). The van der Waals surface area contributed by atoms with Gasteiger partial charge in [0, 0.05) is 12.1 Å². The van der Waals surface area contributed by atoms with Gasteiger partial charge in [-0.2, -0.15) is 0 Å². The molecule has 116 valence electrons. The number of nitrogens with zero attached hydrogens (tertiary/aromatic N) is 1. The van der Waals surface area contributed by atoms with Crippen LogP contribution < -0.4 is 15.2 Å². The first-order chi connectivity index (χ1) is 10.5. The molecule has 0 aliphatic heterocycles. The van der Waals surface area contributed by atoms with Crippen molar-refractivity contribution >= 4 is 23.2 Å². The number of amides is 1. The lowest BCUT2D eigenvalue weighted by molar-refractivity contribution is -0.123. The zero-order chi connectivity index (χ0) is 16.1. The van der Waals surface area contributed by atoms with Gasteiger partial charge in [0.25, 0.3) is 5.91 Å². The topological polar surface area (TPSA) is 41.6 Å². The minimum absolute atomic E-state index is 0.0551. The van der Waals surface area contributed by atoms with E-state index in [1.807, 2.05) is 56.3 Å². The van der Waals surface area contributed by atoms with E-state index in [1.54, 1.807) is 12.1 Å². The van der Waals surface area contributed by atoms with E-state index in [-0.39, 0.29) is 12.5 Å². The molecule has 0 aliphatic rings. The van der Waals surface area contributed by atoms with Crippen LogP contribution in [0.1, 0.15) is 11.1 Å². The van der Waals surface area contributed by atoms with Crippen LogP contribution in [0.3, 0.4) is 0 Å². The fourth-order valence-electron chi connectivity index (χ4n) is 2.20. The first kappa shape index (κ1) is 16.2. The van der Waals surface area contributed by atoms with E-state index in [1.165, 1.54) is 0 Å². The Morgan fingerprint density at radius 2 is 1.77 bits per heavy atom. The van der Waals surface area contributed by atoms with Gasteiger partial charge in [-0.25, -0.2) is 0 Å². The van der Waals surface area contributed by atoms with Crippen molar-refractivity contribution in [3.63, 3.8) is 0 Å². The maximum Gasteiger partial charge on any atom is 0.276 e. The Morgan fingerprint density at radius 1 is 1.18 bits per heavy atom. The Labute approximate surface area is 135 Å². The summed E-state index contributed by atoms with van der Waals surface area (Å²) in [5, 5.41) is 2.32. The quantitative estimate of drug-likeness (QED) is 0.858. The number of carbonyl (C=O) groups is 1. The molecule has 2 aromatic rings. The molecule has 0 spiro atoms. The molecule has 4 nitrogen and oxygen atoms in total. The average molecular weight is 319 g/mol. The molecule has 0 bridgehead atoms. The maximum atomic E-state index is 12.0. The lowest BCUT2D eigenvalue weighted by Crippen LogP contribution is -2.42. The number of aryl methyl sites for hydroxylation is 2. The number of ether oxygens (including phenoxy) is 1. The number of benzene rings is 2. The third-order valence-corrected chi connectivity index (χ3v) is 3.43. The SMILES string of the molecule is Cc1cc(Cl)cc(C)c1OCC(=O)NN(C)c1ccccc1. The van der Waals surface area contributed by atoms with Gasteiger partial charge >= 0.3 is 0 Å². The van der Waals surface area contributed by atoms with E-state index >= 15 is 0 Å². The zero-order valence-electron chi connectivity index (χ0n) is 12.9. The third kappa shape index (κ3) is 4.15. The summed E-state index contributed by atoms with van der Waals surface area (Å²) in [6.45, 7) is 3.75. The van der Waals surface area contributed by atoms with Gasteiger partial charge in [0.1, 0.15) is 5.75 Å². The number of anilines is 1. The van der Waals surface area contributed by atoms with Crippen molar-refractivity contribution in [3.8, 4) is 5.75 Å². The molecule has 2 aromatic carbocycles. The Hall–Kier alpha value is -2.20. The second-order valence-electron chi connectivity index (χ2n) is 5.09. The molecule has 1 N–H and O–H groups in total. The van der Waals surface area contributed by atoms with Gasteiger partial charge in [0.2, 0.25) is 0 Å². The summed E-state index contributed by atoms with van der Waals surface area (Å²) in [6, 6.07) is 13.2. The van der Waals surface area contributed by atoms with E-state index in [9.17, 15) is 4.79 Å². The van der Waals surface area contributed by atoms with Gasteiger partial charge in [0.05, 0.1) is 5.69 Å². The summed E-state index contributed by atoms with van der Waals surface area (Å²) in [5.74, 6) is 0.474. The number of rotatable bonds is 5. The fourth-order valence-corrected chi connectivity index (χ4v) is 2.53. The Morgan fingerprint density at radius 3 is 2.36 bits per heavy atom. The molecule has 0 saturated heterocycles. The molecule has 0 aromatic heterocycles. The molecule has 0 radical (unpaired) electrons. The minimum atomic E-state index is -0.222. The van der Waals surface area contributed by atoms with Crippen LogP contribution in [-0.4, -0.2) is 19.6 Å². The van der Waals surface area contributed by atoms with E-state index in [2.05, 4.69) is 5.43 Å². The number of hydrazine groups is 1. The molecule has 0 atom stereocenters. The molecule has 0 saturated carbocycles. The molecule has 5 heteroatoms. The van der Waals surface area contributed by atoms with Gasteiger partial charge in [-0.1, -0.05) is 29.8 Å². The third-order valence-electron chi connectivity index (χ3n) is 3.21. The van der Waals surface area contributed by atoms with Crippen LogP contribution in [0.25, 0.3) is 0 Å². The van der Waals surface area contributed by atoms with Crippen LogP contribution in [0.4, 0.5) is 5.69 Å². The molecule has 22 heavy (non-hydrogen) atoms. The summed E-state index contributed by atoms with van der Waals surface area (Å²) in [6.07, 6.45) is 0. The first-order valence-corrected chi connectivity index (χ1v) is 7.33. The summed E-state index contributed by atoms with van der Waals surface area (Å²) >= 11 is 5.98. The van der Waals surface area contributed by atoms with Crippen LogP contribution in [0.15, 0.2) is 42.5 Å². The molecule has 0 heterocycles. The Kier molecular flexibility index (Phi) is 5.28. The van der Waals surface area contributed by atoms with Crippen molar-refractivity contribution in [1.82, 2.24) is 5.43 Å². The predicted octanol–water partition coefficient (Wildman–Crippen LogP) is 3.50. The highest BCUT2D eigenvalue weighted by atomic mass is 35.5. The molecule has 0 aliphatic carbocycles. The summed E-state index contributed by atoms with van der Waals surface area (Å²) in [5.41, 5.74) is 5.48. The Bertz CT molecular complexity index is 636. The minimum Gasteiger partial charge on any atom is -0.483 e. The Balaban J connectivity index is 1.94. The van der Waals surface area contributed by atoms with Crippen molar-refractivity contribution in [2.24, 2.45) is 0 Å². The number of carbonyl (C=O) groups excluding carboxylic acids is 1. The standard InChI is InChI=1S/C17H19ClN2O2/c1-12-9-14(18)10-13(2)17(12)22-11-16(21)19-20(3)15-7-5-4-6-8-15/h4-10H,11H2,1-3H3,(H,19,21). The second kappa shape index (κ2) is 7.18. The van der Waals surface area contributed by atoms with Crippen molar-refractivity contribution in [2.75, 3.05) is 18.7 Å². The highest BCUT2D eigenvalue weighted by Gasteiger charge is 2.10. The molecule has 0 unspecified atom stereocenters. The van der Waals surface area contributed by atoms with Gasteiger partial charge in [0.15, 0.2) is 6.61 Å². The summed E-state index contributed by atoms with van der Waals surface area (Å²) < 4.78 is 5.62. The van der Waals surface area contributed by atoms with Gasteiger partial charge in [-0.3, -0.25) is 15.2 Å². The van der Waals surface area contributed by atoms with Crippen LogP contribution in [0, 0.1) is 13.8 Å². The average Bonchev–Trinajstić information content (AvgIpc) is 2.47. The smallest absolute Gasteiger partial charge is 0.276 e. The molecular weight excluding hydrogens is 300 g/mol. The van der Waals surface area contributed by atoms with Crippen molar-refractivity contribution in [2.45, 2.75) is 13.8 Å². The first-order valence-electron chi connectivity index (χ1n) is 6.95. The van der Waals surface area contributed by atoms with Crippen molar-refractivity contribution < 1.29 is 9.53 Å². The highest BCUT2D eigenvalue weighted by molar-refractivity contribution is 6.30. The largest absolute Gasteiger partial charge is 0.483 e. The van der Waals surface area contributed by atoms with E-state index < -0.39 is 0 Å². The highest BCUT2D eigenvalue weighted by Crippen LogP contribution is 2.26. The predicted molar refractivity (Wildman–Crippen MR) is 89.4 cm³/mol.